The minimum absolute atomic E-state index is 0.00395. The zero-order valence-corrected chi connectivity index (χ0v) is 15.4. The van der Waals surface area contributed by atoms with Gasteiger partial charge in [0.2, 0.25) is 0 Å². The summed E-state index contributed by atoms with van der Waals surface area (Å²) in [5.74, 6) is 0. The summed E-state index contributed by atoms with van der Waals surface area (Å²) in [6.07, 6.45) is 6.16. The number of carbonyl (C=O) groups is 2. The molecular weight excluding hydrogens is 346 g/mol. The highest BCUT2D eigenvalue weighted by Crippen LogP contribution is 2.14. The van der Waals surface area contributed by atoms with E-state index in [0.29, 0.717) is 0 Å². The lowest BCUT2D eigenvalue weighted by molar-refractivity contribution is -0.122. The van der Waals surface area contributed by atoms with E-state index in [-0.39, 0.29) is 18.5 Å². The summed E-state index contributed by atoms with van der Waals surface area (Å²) < 4.78 is 0. The molecule has 0 radical (unpaired) electrons. The Morgan fingerprint density at radius 3 is 2.56 bits per heavy atom. The predicted octanol–water partition coefficient (Wildman–Crippen LogP) is 1.64. The summed E-state index contributed by atoms with van der Waals surface area (Å²) in [6, 6.07) is 9.90. The molecule has 0 spiro atoms. The Kier molecular flexibility index (Phi) is 8.02. The van der Waals surface area contributed by atoms with Crippen LogP contribution in [0.2, 0.25) is 0 Å². The molecule has 2 amide bonds. The van der Waals surface area contributed by atoms with Crippen LogP contribution in [-0.4, -0.2) is 64.7 Å². The van der Waals surface area contributed by atoms with Gasteiger partial charge in [-0.25, -0.2) is 4.79 Å². The maximum Gasteiger partial charge on any atom is 0.317 e. The molecule has 0 aromatic carbocycles. The fourth-order valence-electron chi connectivity index (χ4n) is 2.89. The van der Waals surface area contributed by atoms with Gasteiger partial charge >= 0.3 is 6.03 Å². The van der Waals surface area contributed by atoms with E-state index in [2.05, 4.69) is 26.3 Å². The van der Waals surface area contributed by atoms with Crippen molar-refractivity contribution in [1.29, 1.82) is 0 Å². The Hall–Kier alpha value is -3.16. The van der Waals surface area contributed by atoms with Crippen molar-refractivity contribution in [3.8, 4) is 0 Å². The van der Waals surface area contributed by atoms with Gasteiger partial charge in [-0.3, -0.25) is 14.8 Å². The molecule has 8 nitrogen and oxygen atoms in total. The van der Waals surface area contributed by atoms with E-state index < -0.39 is 0 Å². The van der Waals surface area contributed by atoms with E-state index in [9.17, 15) is 4.79 Å². The molecule has 1 aliphatic rings. The molecule has 2 aromatic rings. The molecule has 1 aliphatic heterocycles. The number of amides is 2. The highest BCUT2D eigenvalue weighted by atomic mass is 16.3. The fraction of sp³-hybridized carbons (Fsp3) is 0.368. The zero-order chi connectivity index (χ0) is 19.5. The largest absolute Gasteiger partial charge is 0.483 e. The molecule has 1 fully saturated rings. The Bertz CT molecular complexity index is 691. The lowest BCUT2D eigenvalue weighted by Crippen LogP contribution is -2.53. The van der Waals surface area contributed by atoms with E-state index in [1.807, 2.05) is 42.3 Å². The Morgan fingerprint density at radius 2 is 1.96 bits per heavy atom. The number of carbonyl (C=O) groups excluding carboxylic acids is 1. The Morgan fingerprint density at radius 1 is 1.22 bits per heavy atom. The molecule has 144 valence electrons. The zero-order valence-electron chi connectivity index (χ0n) is 15.4. The van der Waals surface area contributed by atoms with Gasteiger partial charge in [-0.15, -0.1) is 0 Å². The van der Waals surface area contributed by atoms with Gasteiger partial charge in [0.05, 0.1) is 11.9 Å². The first-order chi connectivity index (χ1) is 13.1. The van der Waals surface area contributed by atoms with Crippen LogP contribution in [0.5, 0.6) is 0 Å². The third kappa shape index (κ3) is 6.58. The lowest BCUT2D eigenvalue weighted by Gasteiger charge is -2.36. The first kappa shape index (κ1) is 20.2. The number of aromatic nitrogens is 2. The summed E-state index contributed by atoms with van der Waals surface area (Å²) in [7, 11) is 0. The van der Waals surface area contributed by atoms with Crippen LogP contribution in [0.3, 0.4) is 0 Å². The third-order valence-corrected chi connectivity index (χ3v) is 4.19. The molecule has 1 atom stereocenters. The van der Waals surface area contributed by atoms with Crippen LogP contribution in [0.15, 0.2) is 48.9 Å². The van der Waals surface area contributed by atoms with Crippen molar-refractivity contribution in [2.45, 2.75) is 19.4 Å². The van der Waals surface area contributed by atoms with Gasteiger partial charge in [0, 0.05) is 56.7 Å². The second kappa shape index (κ2) is 10.7. The Labute approximate surface area is 158 Å². The highest BCUT2D eigenvalue weighted by molar-refractivity contribution is 5.75. The van der Waals surface area contributed by atoms with Crippen LogP contribution >= 0.6 is 0 Å². The van der Waals surface area contributed by atoms with Crippen LogP contribution in [0.4, 0.5) is 10.5 Å². The Balaban J connectivity index is 0.000000817. The number of hydrogen-bond acceptors (Lipinski definition) is 5. The van der Waals surface area contributed by atoms with Crippen molar-refractivity contribution in [2.24, 2.45) is 0 Å². The number of nitrogens with zero attached hydrogens (tertiary/aromatic N) is 4. The quantitative estimate of drug-likeness (QED) is 0.793. The first-order valence-electron chi connectivity index (χ1n) is 8.82. The van der Waals surface area contributed by atoms with Crippen LogP contribution in [-0.2, 0) is 11.2 Å². The molecule has 27 heavy (non-hydrogen) atoms. The molecule has 1 unspecified atom stereocenters. The molecular formula is C19H25N5O3. The molecule has 2 N–H and O–H groups in total. The molecule has 3 heterocycles. The SMILES string of the molecule is CC(Cc1ccccn1)NC(=O)N1CCN(c2cccnc2)CC1.O=CO. The van der Waals surface area contributed by atoms with Gasteiger partial charge in [0.1, 0.15) is 0 Å². The molecule has 1 saturated heterocycles. The van der Waals surface area contributed by atoms with Crippen molar-refractivity contribution in [1.82, 2.24) is 20.2 Å². The molecule has 8 heteroatoms. The normalized spacial score (nSPS) is 14.6. The molecule has 0 aliphatic carbocycles. The topological polar surface area (TPSA) is 98.7 Å². The summed E-state index contributed by atoms with van der Waals surface area (Å²) in [6.45, 7) is 4.86. The van der Waals surface area contributed by atoms with Gasteiger partial charge in [-0.2, -0.15) is 0 Å². The monoisotopic (exact) mass is 371 g/mol. The van der Waals surface area contributed by atoms with Crippen LogP contribution in [0.1, 0.15) is 12.6 Å². The molecule has 0 saturated carbocycles. The fourth-order valence-corrected chi connectivity index (χ4v) is 2.89. The first-order valence-corrected chi connectivity index (χ1v) is 8.82. The van der Waals surface area contributed by atoms with Gasteiger partial charge in [0.25, 0.3) is 6.47 Å². The van der Waals surface area contributed by atoms with Crippen molar-refractivity contribution < 1.29 is 14.7 Å². The number of piperazine rings is 1. The summed E-state index contributed by atoms with van der Waals surface area (Å²) in [5, 5.41) is 9.96. The molecule has 2 aromatic heterocycles. The van der Waals surface area contributed by atoms with E-state index in [0.717, 1.165) is 44.0 Å². The highest BCUT2D eigenvalue weighted by Gasteiger charge is 2.22. The maximum absolute atomic E-state index is 12.4. The third-order valence-electron chi connectivity index (χ3n) is 4.19. The average molecular weight is 371 g/mol. The maximum atomic E-state index is 12.4. The number of urea groups is 1. The molecule has 3 rings (SSSR count). The van der Waals surface area contributed by atoms with Crippen LogP contribution < -0.4 is 10.2 Å². The van der Waals surface area contributed by atoms with E-state index in [1.54, 1.807) is 12.4 Å². The summed E-state index contributed by atoms with van der Waals surface area (Å²) >= 11 is 0. The lowest BCUT2D eigenvalue weighted by atomic mass is 10.1. The number of rotatable bonds is 4. The minimum Gasteiger partial charge on any atom is -0.483 e. The second-order valence-corrected chi connectivity index (χ2v) is 6.17. The minimum atomic E-state index is -0.250. The van der Waals surface area contributed by atoms with Gasteiger partial charge in [-0.05, 0) is 31.2 Å². The van der Waals surface area contributed by atoms with Crippen molar-refractivity contribution in [3.63, 3.8) is 0 Å². The summed E-state index contributed by atoms with van der Waals surface area (Å²) in [5.41, 5.74) is 2.10. The number of pyridine rings is 2. The van der Waals surface area contributed by atoms with E-state index >= 15 is 0 Å². The van der Waals surface area contributed by atoms with Gasteiger partial charge < -0.3 is 20.2 Å². The smallest absolute Gasteiger partial charge is 0.317 e. The van der Waals surface area contributed by atoms with E-state index in [4.69, 9.17) is 9.90 Å². The van der Waals surface area contributed by atoms with Crippen molar-refractivity contribution in [3.05, 3.63) is 54.6 Å². The van der Waals surface area contributed by atoms with Crippen molar-refractivity contribution >= 4 is 18.2 Å². The number of nitrogens with one attached hydrogen (secondary N) is 1. The van der Waals surface area contributed by atoms with Crippen LogP contribution in [0.25, 0.3) is 0 Å². The number of hydrogen-bond donors (Lipinski definition) is 2. The predicted molar refractivity (Wildman–Crippen MR) is 103 cm³/mol. The van der Waals surface area contributed by atoms with Crippen LogP contribution in [0, 0.1) is 0 Å². The number of anilines is 1. The van der Waals surface area contributed by atoms with E-state index in [1.165, 1.54) is 0 Å². The standard InChI is InChI=1S/C18H23N5O.CH2O2/c1-15(13-16-5-2-3-8-20-16)21-18(24)23-11-9-22(10-12-23)17-6-4-7-19-14-17;2-1-3/h2-8,14-15H,9-13H2,1H3,(H,21,24);1H,(H,2,3). The second-order valence-electron chi connectivity index (χ2n) is 6.17. The average Bonchev–Trinajstić information content (AvgIpc) is 2.70. The van der Waals surface area contributed by atoms with Gasteiger partial charge in [-0.1, -0.05) is 6.07 Å². The number of carboxylic acid groups (broad SMARTS) is 1. The van der Waals surface area contributed by atoms with Gasteiger partial charge in [0.15, 0.2) is 0 Å². The molecule has 0 bridgehead atoms. The summed E-state index contributed by atoms with van der Waals surface area (Å²) in [4.78, 5) is 33.4. The van der Waals surface area contributed by atoms with Crippen molar-refractivity contribution in [2.75, 3.05) is 31.1 Å².